The smallest absolute Gasteiger partial charge is 0.550 e. The van der Waals surface area contributed by atoms with Crippen LogP contribution in [-0.4, -0.2) is 17.2 Å². The Labute approximate surface area is 178 Å². The molecule has 0 aromatic rings. The van der Waals surface area contributed by atoms with Crippen molar-refractivity contribution < 1.29 is 66.4 Å². The topological polar surface area (TPSA) is 60.4 Å². The van der Waals surface area contributed by atoms with Crippen molar-refractivity contribution in [1.82, 2.24) is 0 Å². The van der Waals surface area contributed by atoms with E-state index in [1.807, 2.05) is 18.2 Å². The number of aliphatic hydroxyl groups is 1. The summed E-state index contributed by atoms with van der Waals surface area (Å²) >= 11 is 0. The maximum Gasteiger partial charge on any atom is 1.00 e. The summed E-state index contributed by atoms with van der Waals surface area (Å²) in [5, 5.41) is 19.8. The fourth-order valence-electron chi connectivity index (χ4n) is 1.87. The van der Waals surface area contributed by atoms with Crippen molar-refractivity contribution in [2.75, 3.05) is 0 Å². The number of hydrogen-bond acceptors (Lipinski definition) is 3. The van der Waals surface area contributed by atoms with Crippen molar-refractivity contribution in [1.29, 1.82) is 0 Å². The molecule has 120 valence electrons. The van der Waals surface area contributed by atoms with Gasteiger partial charge in [0, 0.05) is 5.97 Å². The van der Waals surface area contributed by atoms with Crippen molar-refractivity contribution >= 4 is 5.97 Å². The zero-order valence-corrected chi connectivity index (χ0v) is 17.3. The van der Waals surface area contributed by atoms with Gasteiger partial charge in [-0.25, -0.2) is 0 Å². The zero-order valence-electron chi connectivity index (χ0n) is 14.2. The molecular formula is C18H29KO3. The summed E-state index contributed by atoms with van der Waals surface area (Å²) in [5.41, 5.74) is 0. The van der Waals surface area contributed by atoms with Crippen molar-refractivity contribution in [3.63, 3.8) is 0 Å². The molecule has 0 aliphatic carbocycles. The van der Waals surface area contributed by atoms with Crippen molar-refractivity contribution in [2.24, 2.45) is 0 Å². The molecule has 0 radical (unpaired) electrons. The molecule has 22 heavy (non-hydrogen) atoms. The summed E-state index contributed by atoms with van der Waals surface area (Å²) in [7, 11) is 0. The van der Waals surface area contributed by atoms with Crippen molar-refractivity contribution in [3.8, 4) is 0 Å². The van der Waals surface area contributed by atoms with Crippen LogP contribution in [-0.2, 0) is 4.79 Å². The number of aliphatic hydroxyl groups excluding tert-OH is 1. The van der Waals surface area contributed by atoms with Crippen LogP contribution in [0.25, 0.3) is 0 Å². The average Bonchev–Trinajstić information content (AvgIpc) is 2.46. The molecule has 0 saturated heterocycles. The summed E-state index contributed by atoms with van der Waals surface area (Å²) in [6.45, 7) is 2.19. The molecule has 0 spiro atoms. The Balaban J connectivity index is 0. The van der Waals surface area contributed by atoms with E-state index in [1.165, 1.54) is 12.8 Å². The number of carboxylic acids is 1. The number of unbranched alkanes of at least 4 members (excludes halogenated alkanes) is 4. The van der Waals surface area contributed by atoms with Gasteiger partial charge in [0.2, 0.25) is 0 Å². The second-order valence-electron chi connectivity index (χ2n) is 5.23. The summed E-state index contributed by atoms with van der Waals surface area (Å²) in [4.78, 5) is 10.2. The molecule has 0 heterocycles. The van der Waals surface area contributed by atoms with E-state index in [4.69, 9.17) is 0 Å². The number of aliphatic carboxylic acids is 1. The number of carboxylic acid groups (broad SMARTS) is 1. The monoisotopic (exact) mass is 332 g/mol. The van der Waals surface area contributed by atoms with Gasteiger partial charge in [0.25, 0.3) is 0 Å². The Hall–Kier alpha value is 0.286. The maximum atomic E-state index is 10.2. The van der Waals surface area contributed by atoms with Gasteiger partial charge >= 0.3 is 51.4 Å². The molecule has 0 aromatic heterocycles. The first-order valence-corrected chi connectivity index (χ1v) is 8.03. The molecule has 0 bridgehead atoms. The second-order valence-corrected chi connectivity index (χ2v) is 5.23. The molecule has 1 atom stereocenters. The molecule has 0 fully saturated rings. The summed E-state index contributed by atoms with van der Waals surface area (Å²) in [6.07, 6.45) is 19.4. The molecule has 0 saturated carbocycles. The van der Waals surface area contributed by atoms with Crippen LogP contribution < -0.4 is 56.5 Å². The van der Waals surface area contributed by atoms with Crippen LogP contribution in [0.15, 0.2) is 36.5 Å². The normalized spacial score (nSPS) is 13.0. The van der Waals surface area contributed by atoms with E-state index in [0.29, 0.717) is 12.8 Å². The van der Waals surface area contributed by atoms with Crippen LogP contribution in [0, 0.1) is 0 Å². The van der Waals surface area contributed by atoms with E-state index in [2.05, 4.69) is 25.2 Å². The van der Waals surface area contributed by atoms with Gasteiger partial charge in [0.05, 0.1) is 6.10 Å². The first-order valence-electron chi connectivity index (χ1n) is 8.03. The minimum absolute atomic E-state index is 0. The number of carbonyl (C=O) groups is 1. The van der Waals surface area contributed by atoms with Gasteiger partial charge in [0.1, 0.15) is 0 Å². The van der Waals surface area contributed by atoms with Crippen LogP contribution in [0.3, 0.4) is 0 Å². The number of allylic oxidation sites excluding steroid dienone is 6. The van der Waals surface area contributed by atoms with Crippen LogP contribution >= 0.6 is 0 Å². The summed E-state index contributed by atoms with van der Waals surface area (Å²) in [6, 6.07) is 0. The van der Waals surface area contributed by atoms with Gasteiger partial charge in [-0.1, -0.05) is 62.6 Å². The number of rotatable bonds is 13. The van der Waals surface area contributed by atoms with E-state index in [9.17, 15) is 15.0 Å². The quantitative estimate of drug-likeness (QED) is 0.300. The van der Waals surface area contributed by atoms with Crippen LogP contribution in [0.5, 0.6) is 0 Å². The van der Waals surface area contributed by atoms with E-state index >= 15 is 0 Å². The average molecular weight is 333 g/mol. The van der Waals surface area contributed by atoms with Crippen LogP contribution in [0.4, 0.5) is 0 Å². The Kier molecular flexibility index (Phi) is 21.6. The molecule has 4 heteroatoms. The number of hydrogen-bond donors (Lipinski definition) is 1. The fraction of sp³-hybridized carbons (Fsp3) is 0.611. The van der Waals surface area contributed by atoms with Gasteiger partial charge in [-0.2, -0.15) is 0 Å². The largest absolute Gasteiger partial charge is 1.00 e. The van der Waals surface area contributed by atoms with Crippen LogP contribution in [0.1, 0.15) is 64.7 Å². The molecule has 3 nitrogen and oxygen atoms in total. The Bertz CT molecular complexity index is 335. The minimum Gasteiger partial charge on any atom is -0.550 e. The summed E-state index contributed by atoms with van der Waals surface area (Å²) < 4.78 is 0. The molecular weight excluding hydrogens is 303 g/mol. The standard InChI is InChI=1S/C18H30O3.K/c1-2-3-4-5-6-7-8-9-10-11-12-13-14-17(19)15-16-18(20)21;/h5-10,17,19H,2-4,11-16H2,1H3,(H,20,21);/q;+1/p-1/b6-5+,8-7+,10-9+;. The molecule has 0 rings (SSSR count). The van der Waals surface area contributed by atoms with Gasteiger partial charge in [-0.3, -0.25) is 0 Å². The molecule has 0 amide bonds. The van der Waals surface area contributed by atoms with Gasteiger partial charge in [-0.05, 0) is 38.5 Å². The van der Waals surface area contributed by atoms with Crippen molar-refractivity contribution in [2.45, 2.75) is 70.8 Å². The first kappa shape index (κ1) is 24.5. The molecule has 1 unspecified atom stereocenters. The van der Waals surface area contributed by atoms with E-state index in [-0.39, 0.29) is 57.8 Å². The predicted molar refractivity (Wildman–Crippen MR) is 85.7 cm³/mol. The first-order chi connectivity index (χ1) is 10.2. The third kappa shape index (κ3) is 20.3. The predicted octanol–water partition coefficient (Wildman–Crippen LogP) is 0.301. The molecule has 0 aliphatic heterocycles. The zero-order chi connectivity index (χ0) is 15.8. The Morgan fingerprint density at radius 3 is 2.14 bits per heavy atom. The Morgan fingerprint density at radius 1 is 1.00 bits per heavy atom. The minimum atomic E-state index is -1.09. The maximum absolute atomic E-state index is 10.2. The van der Waals surface area contributed by atoms with Gasteiger partial charge < -0.3 is 15.0 Å². The molecule has 0 aliphatic rings. The Morgan fingerprint density at radius 2 is 1.59 bits per heavy atom. The van der Waals surface area contributed by atoms with E-state index in [0.717, 1.165) is 25.7 Å². The van der Waals surface area contributed by atoms with Crippen LogP contribution in [0.2, 0.25) is 0 Å². The third-order valence-corrected chi connectivity index (χ3v) is 3.17. The second kappa shape index (κ2) is 19.3. The molecule has 0 aromatic carbocycles. The fourth-order valence-corrected chi connectivity index (χ4v) is 1.87. The van der Waals surface area contributed by atoms with Gasteiger partial charge in [-0.15, -0.1) is 0 Å². The van der Waals surface area contributed by atoms with E-state index < -0.39 is 12.1 Å². The summed E-state index contributed by atoms with van der Waals surface area (Å²) in [5.74, 6) is -1.09. The van der Waals surface area contributed by atoms with Gasteiger partial charge in [0.15, 0.2) is 0 Å². The number of carbonyl (C=O) groups excluding carboxylic acids is 1. The SMILES string of the molecule is CCCC/C=C/C=C/C=C/CCCCC(O)CCC(=O)[O-].[K+]. The van der Waals surface area contributed by atoms with Crippen molar-refractivity contribution in [3.05, 3.63) is 36.5 Å². The third-order valence-electron chi connectivity index (χ3n) is 3.17. The van der Waals surface area contributed by atoms with E-state index in [1.54, 1.807) is 0 Å². The molecule has 1 N–H and O–H groups in total.